The first-order valence-corrected chi connectivity index (χ1v) is 10.2. The average Bonchev–Trinajstić information content (AvgIpc) is 3.02. The number of primary sulfonamides is 1. The Bertz CT molecular complexity index is 1280. The number of aromatic hydroxyl groups is 1. The number of aromatic nitrogens is 1. The van der Waals surface area contributed by atoms with E-state index in [1.807, 2.05) is 0 Å². The highest BCUT2D eigenvalue weighted by Gasteiger charge is 2.15. The summed E-state index contributed by atoms with van der Waals surface area (Å²) in [6.45, 7) is 1.26. The summed E-state index contributed by atoms with van der Waals surface area (Å²) in [5.74, 6) is -1.76. The molecule has 0 saturated heterocycles. The van der Waals surface area contributed by atoms with Crippen LogP contribution in [0.3, 0.4) is 0 Å². The second-order valence-electron chi connectivity index (χ2n) is 5.84. The van der Waals surface area contributed by atoms with Crippen molar-refractivity contribution >= 4 is 60.6 Å². The zero-order valence-electron chi connectivity index (χ0n) is 14.8. The number of phenols is 1. The van der Waals surface area contributed by atoms with E-state index in [-0.39, 0.29) is 26.8 Å². The third-order valence-electron chi connectivity index (χ3n) is 3.70. The van der Waals surface area contributed by atoms with Crippen molar-refractivity contribution in [1.29, 1.82) is 0 Å². The maximum atomic E-state index is 11.6. The minimum absolute atomic E-state index is 0.0518. The molecule has 13 heteroatoms. The van der Waals surface area contributed by atoms with Crippen molar-refractivity contribution in [3.05, 3.63) is 35.9 Å². The normalized spacial score (nSPS) is 11.8. The summed E-state index contributed by atoms with van der Waals surface area (Å²) in [5, 5.41) is 26.2. The van der Waals surface area contributed by atoms with Crippen molar-refractivity contribution < 1.29 is 23.1 Å². The van der Waals surface area contributed by atoms with Crippen LogP contribution in [0.4, 0.5) is 16.4 Å². The number of amides is 2. The molecule has 0 aliphatic heterocycles. The zero-order valence-corrected chi connectivity index (χ0v) is 16.4. The van der Waals surface area contributed by atoms with Gasteiger partial charge in [-0.1, -0.05) is 0 Å². The Kier molecular flexibility index (Phi) is 5.28. The summed E-state index contributed by atoms with van der Waals surface area (Å²) < 4.78 is 27.3. The largest absolute Gasteiger partial charge is 0.507 e. The summed E-state index contributed by atoms with van der Waals surface area (Å²) in [6.07, 6.45) is 0. The van der Waals surface area contributed by atoms with Gasteiger partial charge < -0.3 is 16.2 Å². The lowest BCUT2D eigenvalue weighted by Gasteiger charge is -2.08. The van der Waals surface area contributed by atoms with Gasteiger partial charge in [0.2, 0.25) is 15.9 Å². The van der Waals surface area contributed by atoms with Gasteiger partial charge in [0.1, 0.15) is 11.4 Å². The van der Waals surface area contributed by atoms with Crippen LogP contribution in [0.2, 0.25) is 0 Å². The predicted molar refractivity (Wildman–Crippen MR) is 106 cm³/mol. The van der Waals surface area contributed by atoms with E-state index >= 15 is 0 Å². The number of nitrogens with zero attached hydrogens (tertiary/aromatic N) is 3. The molecule has 3 aromatic rings. The van der Waals surface area contributed by atoms with Crippen molar-refractivity contribution in [3.63, 3.8) is 0 Å². The van der Waals surface area contributed by atoms with Crippen molar-refractivity contribution in [2.24, 2.45) is 21.1 Å². The Morgan fingerprint density at radius 1 is 1.21 bits per heavy atom. The van der Waals surface area contributed by atoms with Gasteiger partial charge in [-0.25, -0.2) is 13.6 Å². The highest BCUT2D eigenvalue weighted by molar-refractivity contribution is 7.89. The number of sulfonamides is 1. The van der Waals surface area contributed by atoms with Crippen molar-refractivity contribution in [1.82, 2.24) is 4.37 Å². The molecule has 0 bridgehead atoms. The molecule has 0 atom stereocenters. The molecular weight excluding hydrogens is 420 g/mol. The average molecular weight is 434 g/mol. The quantitative estimate of drug-likeness (QED) is 0.444. The molecule has 2 amide bonds. The van der Waals surface area contributed by atoms with Crippen LogP contribution in [0.25, 0.3) is 10.9 Å². The number of hydrogen-bond donors (Lipinski definition) is 4. The lowest BCUT2D eigenvalue weighted by atomic mass is 10.1. The first kappa shape index (κ1) is 20.3. The number of azo groups is 1. The number of rotatable bonds is 5. The maximum Gasteiger partial charge on any atom is 0.252 e. The molecule has 29 heavy (non-hydrogen) atoms. The molecule has 11 nitrogen and oxygen atoms in total. The SMILES string of the molecule is CC(=O)Nc1cc(O)c(C(N)=O)cc1N=Nc1snc2ccc(S(N)(=O)=O)cc12. The van der Waals surface area contributed by atoms with Gasteiger partial charge in [0.25, 0.3) is 5.91 Å². The van der Waals surface area contributed by atoms with E-state index in [9.17, 15) is 23.1 Å². The molecule has 6 N–H and O–H groups in total. The van der Waals surface area contributed by atoms with E-state index in [0.717, 1.165) is 17.6 Å². The van der Waals surface area contributed by atoms with E-state index in [0.29, 0.717) is 10.9 Å². The fourth-order valence-electron chi connectivity index (χ4n) is 2.40. The maximum absolute atomic E-state index is 11.6. The summed E-state index contributed by atoms with van der Waals surface area (Å²) in [7, 11) is -3.92. The third-order valence-corrected chi connectivity index (χ3v) is 5.37. The topological polar surface area (TPSA) is 190 Å². The summed E-state index contributed by atoms with van der Waals surface area (Å²) in [5.41, 5.74) is 5.65. The van der Waals surface area contributed by atoms with E-state index in [2.05, 4.69) is 19.9 Å². The summed E-state index contributed by atoms with van der Waals surface area (Å²) in [4.78, 5) is 22.8. The van der Waals surface area contributed by atoms with Gasteiger partial charge in [-0.2, -0.15) is 4.37 Å². The molecule has 0 saturated carbocycles. The van der Waals surface area contributed by atoms with Crippen LogP contribution in [0.1, 0.15) is 17.3 Å². The van der Waals surface area contributed by atoms with Crippen LogP contribution in [0, 0.1) is 0 Å². The molecule has 0 unspecified atom stereocenters. The van der Waals surface area contributed by atoms with E-state index in [4.69, 9.17) is 10.9 Å². The van der Waals surface area contributed by atoms with E-state index in [1.165, 1.54) is 31.2 Å². The molecule has 0 aliphatic rings. The molecule has 0 radical (unpaired) electrons. The highest BCUT2D eigenvalue weighted by Crippen LogP contribution is 2.37. The van der Waals surface area contributed by atoms with Gasteiger partial charge in [-0.05, 0) is 35.8 Å². The van der Waals surface area contributed by atoms with Gasteiger partial charge in [-0.15, -0.1) is 10.2 Å². The molecule has 1 heterocycles. The molecule has 2 aromatic carbocycles. The zero-order chi connectivity index (χ0) is 21.3. The van der Waals surface area contributed by atoms with Crippen LogP contribution < -0.4 is 16.2 Å². The summed E-state index contributed by atoms with van der Waals surface area (Å²) in [6, 6.07) is 6.43. The molecule has 0 aliphatic carbocycles. The lowest BCUT2D eigenvalue weighted by Crippen LogP contribution is -2.12. The second kappa shape index (κ2) is 7.54. The Hall–Kier alpha value is -3.42. The first-order chi connectivity index (χ1) is 13.6. The van der Waals surface area contributed by atoms with Gasteiger partial charge in [0, 0.05) is 18.4 Å². The van der Waals surface area contributed by atoms with Crippen LogP contribution in [-0.2, 0) is 14.8 Å². The number of nitrogens with two attached hydrogens (primary N) is 2. The number of fused-ring (bicyclic) bond motifs is 1. The standard InChI is InChI=1S/C16H14N6O5S2/c1-7(23)19-12-6-14(24)10(15(17)25)5-13(12)20-21-16-9-4-8(29(18,26)27)2-3-11(9)22-28-16/h2-6,24H,1H3,(H2,17,25)(H,19,23)(H2,18,26,27). The monoisotopic (exact) mass is 434 g/mol. The van der Waals surface area contributed by atoms with E-state index < -0.39 is 27.6 Å². The third kappa shape index (κ3) is 4.37. The van der Waals surface area contributed by atoms with Crippen LogP contribution in [-0.4, -0.2) is 29.7 Å². The Morgan fingerprint density at radius 3 is 2.55 bits per heavy atom. The van der Waals surface area contributed by atoms with Crippen molar-refractivity contribution in [2.75, 3.05) is 5.32 Å². The van der Waals surface area contributed by atoms with Gasteiger partial charge in [0.05, 0.1) is 21.7 Å². The molecule has 150 valence electrons. The van der Waals surface area contributed by atoms with Crippen molar-refractivity contribution in [3.8, 4) is 5.75 Å². The van der Waals surface area contributed by atoms with E-state index in [1.54, 1.807) is 0 Å². The lowest BCUT2D eigenvalue weighted by molar-refractivity contribution is -0.114. The molecule has 0 spiro atoms. The number of anilines is 1. The van der Waals surface area contributed by atoms with Crippen LogP contribution >= 0.6 is 11.5 Å². The minimum Gasteiger partial charge on any atom is -0.507 e. The smallest absolute Gasteiger partial charge is 0.252 e. The van der Waals surface area contributed by atoms with Crippen molar-refractivity contribution in [2.45, 2.75) is 11.8 Å². The predicted octanol–water partition coefficient (Wildman–Crippen LogP) is 2.12. The van der Waals surface area contributed by atoms with Gasteiger partial charge in [-0.3, -0.25) is 9.59 Å². The Morgan fingerprint density at radius 2 is 1.93 bits per heavy atom. The van der Waals surface area contributed by atoms with Crippen LogP contribution in [0.5, 0.6) is 5.75 Å². The molecular formula is C16H14N6O5S2. The fourth-order valence-corrected chi connectivity index (χ4v) is 3.63. The van der Waals surface area contributed by atoms with Gasteiger partial charge in [0.15, 0.2) is 5.00 Å². The highest BCUT2D eigenvalue weighted by atomic mass is 32.2. The number of nitrogens with one attached hydrogen (secondary N) is 1. The molecule has 1 aromatic heterocycles. The Balaban J connectivity index is 2.10. The number of carbonyl (C=O) groups is 2. The number of benzene rings is 2. The first-order valence-electron chi connectivity index (χ1n) is 7.84. The van der Waals surface area contributed by atoms with Gasteiger partial charge >= 0.3 is 0 Å². The Labute approximate surface area is 168 Å². The molecule has 0 fully saturated rings. The summed E-state index contributed by atoms with van der Waals surface area (Å²) >= 11 is 0.960. The molecule has 3 rings (SSSR count). The number of carbonyl (C=O) groups excluding carboxylic acids is 2. The minimum atomic E-state index is -3.92. The van der Waals surface area contributed by atoms with Crippen LogP contribution in [0.15, 0.2) is 45.5 Å². The number of hydrogen-bond acceptors (Lipinski definition) is 9. The number of primary amides is 1. The second-order valence-corrected chi connectivity index (χ2v) is 8.16. The fraction of sp³-hybridized carbons (Fsp3) is 0.0625.